The Balaban J connectivity index is 2.17. The van der Waals surface area contributed by atoms with Crippen molar-refractivity contribution in [3.05, 3.63) is 24.0 Å². The molecule has 2 heterocycles. The molecule has 1 aromatic rings. The maximum atomic E-state index is 12.1. The summed E-state index contributed by atoms with van der Waals surface area (Å²) in [6.07, 6.45) is 8.71. The Labute approximate surface area is 92.4 Å². The van der Waals surface area contributed by atoms with Crippen LogP contribution in [0.5, 0.6) is 0 Å². The molecule has 0 aromatic carbocycles. The van der Waals surface area contributed by atoms with E-state index in [1.54, 1.807) is 0 Å². The maximum absolute atomic E-state index is 12.1. The maximum Gasteiger partial charge on any atom is 0.271 e. The minimum Gasteiger partial charge on any atom is -0.342 e. The van der Waals surface area contributed by atoms with Crippen molar-refractivity contribution in [3.63, 3.8) is 0 Å². The smallest absolute Gasteiger partial charge is 0.271 e. The Morgan fingerprint density at radius 2 is 2.07 bits per heavy atom. The fourth-order valence-electron chi connectivity index (χ4n) is 1.89. The molecule has 0 saturated heterocycles. The van der Waals surface area contributed by atoms with E-state index in [9.17, 15) is 4.79 Å². The van der Waals surface area contributed by atoms with Gasteiger partial charge in [0.15, 0.2) is 0 Å². The molecule has 1 aliphatic heterocycles. The van der Waals surface area contributed by atoms with Gasteiger partial charge in [-0.3, -0.25) is 4.79 Å². The van der Waals surface area contributed by atoms with Crippen molar-refractivity contribution in [1.29, 1.82) is 0 Å². The highest BCUT2D eigenvalue weighted by Gasteiger charge is 2.25. The van der Waals surface area contributed by atoms with Crippen LogP contribution in [-0.2, 0) is 6.54 Å². The van der Waals surface area contributed by atoms with Gasteiger partial charge in [-0.25, -0.2) is 10.0 Å². The Morgan fingerprint density at radius 1 is 1.33 bits per heavy atom. The Morgan fingerprint density at radius 3 is 2.73 bits per heavy atom. The van der Waals surface area contributed by atoms with Crippen molar-refractivity contribution in [3.8, 4) is 0 Å². The van der Waals surface area contributed by atoms with Crippen LogP contribution in [0.3, 0.4) is 0 Å². The molecule has 15 heavy (non-hydrogen) atoms. The first-order valence-corrected chi connectivity index (χ1v) is 8.10. The number of amides is 1. The third-order valence-electron chi connectivity index (χ3n) is 2.49. The fraction of sp³-hybridized carbons (Fsp3) is 0.545. The van der Waals surface area contributed by atoms with E-state index in [1.807, 2.05) is 27.8 Å². The Kier molecular flexibility index (Phi) is 2.54. The second-order valence-corrected chi connectivity index (χ2v) is 9.32. The molecule has 0 atom stereocenters. The van der Waals surface area contributed by atoms with Crippen molar-refractivity contribution >= 4 is 15.9 Å². The van der Waals surface area contributed by atoms with Crippen molar-refractivity contribution < 1.29 is 4.79 Å². The second kappa shape index (κ2) is 3.59. The largest absolute Gasteiger partial charge is 0.342 e. The zero-order chi connectivity index (χ0) is 11.1. The zero-order valence-corrected chi connectivity index (χ0v) is 10.4. The molecule has 2 rings (SSSR count). The number of carbonyl (C=O) groups is 1. The van der Waals surface area contributed by atoms with Gasteiger partial charge in [-0.1, -0.05) is 0 Å². The summed E-state index contributed by atoms with van der Waals surface area (Å²) in [5.41, 5.74) is 0.838. The first-order chi connectivity index (χ1) is 6.97. The molecule has 1 aliphatic rings. The first-order valence-electron chi connectivity index (χ1n) is 5.08. The van der Waals surface area contributed by atoms with Gasteiger partial charge in [-0.2, -0.15) is 0 Å². The Hall–Kier alpha value is -0.900. The van der Waals surface area contributed by atoms with E-state index in [2.05, 4.69) is 18.8 Å². The SMILES string of the molecule is CS(C)(C)CN1CCn2cccc2C1=O. The number of fused-ring (bicyclic) bond motifs is 1. The molecule has 84 valence electrons. The van der Waals surface area contributed by atoms with Crippen LogP contribution in [0.25, 0.3) is 0 Å². The van der Waals surface area contributed by atoms with Crippen molar-refractivity contribution in [2.75, 3.05) is 31.2 Å². The van der Waals surface area contributed by atoms with E-state index in [1.165, 1.54) is 0 Å². The van der Waals surface area contributed by atoms with Gasteiger partial charge in [0.1, 0.15) is 5.69 Å². The average Bonchev–Trinajstić information content (AvgIpc) is 2.56. The van der Waals surface area contributed by atoms with Gasteiger partial charge in [0.2, 0.25) is 0 Å². The molecular weight excluding hydrogens is 208 g/mol. The van der Waals surface area contributed by atoms with Crippen LogP contribution in [0.2, 0.25) is 0 Å². The van der Waals surface area contributed by atoms with E-state index >= 15 is 0 Å². The first kappa shape index (κ1) is 10.6. The van der Waals surface area contributed by atoms with Gasteiger partial charge in [0, 0.05) is 19.3 Å². The summed E-state index contributed by atoms with van der Waals surface area (Å²) in [6.45, 7) is 1.79. The number of aromatic nitrogens is 1. The lowest BCUT2D eigenvalue weighted by Crippen LogP contribution is -2.41. The van der Waals surface area contributed by atoms with Crippen LogP contribution in [0, 0.1) is 0 Å². The molecule has 0 saturated carbocycles. The van der Waals surface area contributed by atoms with Crippen LogP contribution >= 0.6 is 10.0 Å². The fourth-order valence-corrected chi connectivity index (χ4v) is 3.07. The van der Waals surface area contributed by atoms with Crippen LogP contribution in [-0.4, -0.2) is 46.6 Å². The Bertz CT molecular complexity index is 378. The van der Waals surface area contributed by atoms with E-state index in [-0.39, 0.29) is 5.91 Å². The van der Waals surface area contributed by atoms with Gasteiger partial charge in [-0.15, -0.1) is 0 Å². The van der Waals surface area contributed by atoms with Crippen molar-refractivity contribution in [1.82, 2.24) is 9.47 Å². The normalized spacial score (nSPS) is 17.8. The lowest BCUT2D eigenvalue weighted by Gasteiger charge is -2.36. The highest BCUT2D eigenvalue weighted by Crippen LogP contribution is 2.36. The van der Waals surface area contributed by atoms with E-state index < -0.39 is 10.0 Å². The van der Waals surface area contributed by atoms with Gasteiger partial charge in [0.05, 0.1) is 5.88 Å². The van der Waals surface area contributed by atoms with E-state index in [0.29, 0.717) is 0 Å². The highest BCUT2D eigenvalue weighted by molar-refractivity contribution is 8.32. The molecule has 0 bridgehead atoms. The van der Waals surface area contributed by atoms with Gasteiger partial charge in [0.25, 0.3) is 5.91 Å². The third kappa shape index (κ3) is 2.20. The minimum atomic E-state index is -0.646. The van der Waals surface area contributed by atoms with Gasteiger partial charge < -0.3 is 9.47 Å². The molecule has 0 unspecified atom stereocenters. The topological polar surface area (TPSA) is 25.2 Å². The second-order valence-electron chi connectivity index (χ2n) is 4.88. The average molecular weight is 226 g/mol. The highest BCUT2D eigenvalue weighted by atomic mass is 32.3. The predicted molar refractivity (Wildman–Crippen MR) is 65.7 cm³/mol. The van der Waals surface area contributed by atoms with E-state index in [0.717, 1.165) is 24.7 Å². The molecule has 3 nitrogen and oxygen atoms in total. The summed E-state index contributed by atoms with van der Waals surface area (Å²) in [5.74, 6) is 1.10. The summed E-state index contributed by atoms with van der Waals surface area (Å²) in [6, 6.07) is 3.85. The lowest BCUT2D eigenvalue weighted by molar-refractivity contribution is 0.0738. The van der Waals surface area contributed by atoms with Gasteiger partial charge in [-0.05, 0) is 30.9 Å². The molecule has 0 aliphatic carbocycles. The van der Waals surface area contributed by atoms with Crippen molar-refractivity contribution in [2.24, 2.45) is 0 Å². The summed E-state index contributed by atoms with van der Waals surface area (Å²) < 4.78 is 2.04. The molecular formula is C11H18N2OS. The molecule has 1 aromatic heterocycles. The third-order valence-corrected chi connectivity index (χ3v) is 3.58. The monoisotopic (exact) mass is 226 g/mol. The summed E-state index contributed by atoms with van der Waals surface area (Å²) in [5, 5.41) is 0. The van der Waals surface area contributed by atoms with Crippen LogP contribution in [0.1, 0.15) is 10.5 Å². The van der Waals surface area contributed by atoms with Crippen LogP contribution in [0.4, 0.5) is 0 Å². The summed E-state index contributed by atoms with van der Waals surface area (Å²) in [7, 11) is -0.646. The molecule has 0 spiro atoms. The standard InChI is InChI=1S/C11H18N2OS/c1-15(2,3)9-13-8-7-12-6-4-5-10(12)11(13)14/h4-6H,7-9H2,1-3H3. The van der Waals surface area contributed by atoms with Crippen molar-refractivity contribution in [2.45, 2.75) is 6.54 Å². The number of rotatable bonds is 2. The molecule has 0 N–H and O–H groups in total. The molecule has 1 amide bonds. The predicted octanol–water partition coefficient (Wildman–Crippen LogP) is 1.60. The number of carbonyl (C=O) groups excluding carboxylic acids is 1. The van der Waals surface area contributed by atoms with Gasteiger partial charge >= 0.3 is 0 Å². The summed E-state index contributed by atoms with van der Waals surface area (Å²) in [4.78, 5) is 14.1. The summed E-state index contributed by atoms with van der Waals surface area (Å²) >= 11 is 0. The van der Waals surface area contributed by atoms with Crippen LogP contribution in [0.15, 0.2) is 18.3 Å². The van der Waals surface area contributed by atoms with Crippen LogP contribution < -0.4 is 0 Å². The minimum absolute atomic E-state index is 0.189. The molecule has 4 heteroatoms. The quantitative estimate of drug-likeness (QED) is 0.752. The number of hydrogen-bond acceptors (Lipinski definition) is 1. The molecule has 0 fully saturated rings. The molecule has 0 radical (unpaired) electrons. The zero-order valence-electron chi connectivity index (χ0n) is 9.56. The van der Waals surface area contributed by atoms with E-state index in [4.69, 9.17) is 0 Å². The number of nitrogens with zero attached hydrogens (tertiary/aromatic N) is 2. The lowest BCUT2D eigenvalue weighted by atomic mass is 10.3. The number of hydrogen-bond donors (Lipinski definition) is 0.